The Bertz CT molecular complexity index is 310. The molecular formula is C13H22N2O. The van der Waals surface area contributed by atoms with Gasteiger partial charge in [0.15, 0.2) is 0 Å². The molecule has 0 aromatic heterocycles. The van der Waals surface area contributed by atoms with E-state index >= 15 is 0 Å². The van der Waals surface area contributed by atoms with Gasteiger partial charge in [-0.15, -0.1) is 0 Å². The van der Waals surface area contributed by atoms with Gasteiger partial charge < -0.3 is 15.8 Å². The van der Waals surface area contributed by atoms with E-state index in [4.69, 9.17) is 10.5 Å². The number of ether oxygens (including phenoxy) is 1. The molecule has 0 heterocycles. The molecule has 3 N–H and O–H groups in total. The zero-order chi connectivity index (χ0) is 12.0. The van der Waals surface area contributed by atoms with Crippen LogP contribution in [-0.2, 0) is 0 Å². The molecule has 0 aliphatic carbocycles. The summed E-state index contributed by atoms with van der Waals surface area (Å²) in [5, 5.41) is 3.48. The normalized spacial score (nSPS) is 14.2. The molecule has 0 aliphatic rings. The Kier molecular flexibility index (Phi) is 4.62. The quantitative estimate of drug-likeness (QED) is 0.778. The molecule has 0 saturated carbocycles. The van der Waals surface area contributed by atoms with Crippen LogP contribution in [0, 0.1) is 0 Å². The average Bonchev–Trinajstić information content (AvgIpc) is 2.30. The van der Waals surface area contributed by atoms with Gasteiger partial charge in [0.2, 0.25) is 0 Å². The molecule has 1 aromatic carbocycles. The minimum atomic E-state index is -0.0245. The zero-order valence-electron chi connectivity index (χ0n) is 10.4. The van der Waals surface area contributed by atoms with Crippen LogP contribution in [0.3, 0.4) is 0 Å². The maximum Gasteiger partial charge on any atom is 0.119 e. The van der Waals surface area contributed by atoms with Crippen LogP contribution in [0.1, 0.15) is 26.7 Å². The first-order chi connectivity index (χ1) is 7.63. The molecule has 1 atom stereocenters. The van der Waals surface area contributed by atoms with Gasteiger partial charge in [-0.1, -0.05) is 13.3 Å². The lowest BCUT2D eigenvalue weighted by molar-refractivity contribution is 0.414. The number of hydrogen-bond donors (Lipinski definition) is 2. The Labute approximate surface area is 98.0 Å². The fraction of sp³-hybridized carbons (Fsp3) is 0.538. The van der Waals surface area contributed by atoms with Crippen molar-refractivity contribution >= 4 is 5.69 Å². The Morgan fingerprint density at radius 1 is 1.31 bits per heavy atom. The van der Waals surface area contributed by atoms with Crippen LogP contribution in [0.15, 0.2) is 24.3 Å². The fourth-order valence-corrected chi connectivity index (χ4v) is 1.79. The Balaban J connectivity index is 2.70. The van der Waals surface area contributed by atoms with Gasteiger partial charge in [-0.3, -0.25) is 0 Å². The number of benzene rings is 1. The summed E-state index contributed by atoms with van der Waals surface area (Å²) in [5.41, 5.74) is 6.87. The summed E-state index contributed by atoms with van der Waals surface area (Å²) in [6.07, 6.45) is 2.19. The summed E-state index contributed by atoms with van der Waals surface area (Å²) in [4.78, 5) is 0. The molecule has 0 saturated heterocycles. The van der Waals surface area contributed by atoms with E-state index < -0.39 is 0 Å². The van der Waals surface area contributed by atoms with Gasteiger partial charge in [0, 0.05) is 17.8 Å². The molecule has 0 fully saturated rings. The summed E-state index contributed by atoms with van der Waals surface area (Å²) in [6.45, 7) is 4.96. The molecule has 16 heavy (non-hydrogen) atoms. The van der Waals surface area contributed by atoms with Crippen molar-refractivity contribution in [3.8, 4) is 5.75 Å². The highest BCUT2D eigenvalue weighted by Gasteiger charge is 2.20. The van der Waals surface area contributed by atoms with Gasteiger partial charge in [-0.2, -0.15) is 0 Å². The van der Waals surface area contributed by atoms with E-state index in [-0.39, 0.29) is 5.54 Å². The van der Waals surface area contributed by atoms with Gasteiger partial charge in [-0.05, 0) is 37.6 Å². The van der Waals surface area contributed by atoms with Crippen LogP contribution in [0.4, 0.5) is 5.69 Å². The van der Waals surface area contributed by atoms with Crippen molar-refractivity contribution in [2.75, 3.05) is 19.0 Å². The van der Waals surface area contributed by atoms with Gasteiger partial charge in [0.1, 0.15) is 5.75 Å². The van der Waals surface area contributed by atoms with E-state index in [0.29, 0.717) is 6.54 Å². The third-order valence-electron chi connectivity index (χ3n) is 2.79. The molecule has 3 heteroatoms. The van der Waals surface area contributed by atoms with E-state index in [1.54, 1.807) is 7.11 Å². The lowest BCUT2D eigenvalue weighted by atomic mass is 9.96. The van der Waals surface area contributed by atoms with Crippen molar-refractivity contribution in [3.63, 3.8) is 0 Å². The van der Waals surface area contributed by atoms with Crippen LogP contribution in [0.25, 0.3) is 0 Å². The first-order valence-electron chi connectivity index (χ1n) is 5.76. The maximum absolute atomic E-state index is 5.81. The van der Waals surface area contributed by atoms with Crippen LogP contribution in [0.5, 0.6) is 5.75 Å². The summed E-state index contributed by atoms with van der Waals surface area (Å²) in [5.74, 6) is 0.871. The molecule has 0 amide bonds. The molecule has 0 spiro atoms. The number of hydrogen-bond acceptors (Lipinski definition) is 3. The molecule has 0 radical (unpaired) electrons. The monoisotopic (exact) mass is 222 g/mol. The van der Waals surface area contributed by atoms with E-state index in [9.17, 15) is 0 Å². The Morgan fingerprint density at radius 3 is 2.38 bits per heavy atom. The predicted octanol–water partition coefficient (Wildman–Crippen LogP) is 2.62. The maximum atomic E-state index is 5.81. The van der Waals surface area contributed by atoms with Crippen LogP contribution in [-0.4, -0.2) is 19.2 Å². The molecular weight excluding hydrogens is 200 g/mol. The molecule has 90 valence electrons. The Hall–Kier alpha value is -1.22. The third kappa shape index (κ3) is 3.42. The summed E-state index contributed by atoms with van der Waals surface area (Å²) >= 11 is 0. The van der Waals surface area contributed by atoms with Crippen molar-refractivity contribution in [3.05, 3.63) is 24.3 Å². The van der Waals surface area contributed by atoms with Crippen LogP contribution in [0.2, 0.25) is 0 Å². The van der Waals surface area contributed by atoms with Gasteiger partial charge in [0.05, 0.1) is 7.11 Å². The average molecular weight is 222 g/mol. The van der Waals surface area contributed by atoms with Crippen molar-refractivity contribution in [1.82, 2.24) is 0 Å². The smallest absolute Gasteiger partial charge is 0.119 e. The van der Waals surface area contributed by atoms with Crippen LogP contribution < -0.4 is 15.8 Å². The van der Waals surface area contributed by atoms with E-state index in [0.717, 1.165) is 24.3 Å². The number of nitrogens with one attached hydrogen (secondary N) is 1. The third-order valence-corrected chi connectivity index (χ3v) is 2.79. The highest BCUT2D eigenvalue weighted by Crippen LogP contribution is 2.21. The molecule has 1 rings (SSSR count). The van der Waals surface area contributed by atoms with E-state index in [1.165, 1.54) is 0 Å². The molecule has 1 aromatic rings. The summed E-state index contributed by atoms with van der Waals surface area (Å²) < 4.78 is 5.12. The minimum absolute atomic E-state index is 0.0245. The molecule has 1 unspecified atom stereocenters. The Morgan fingerprint density at radius 2 is 1.94 bits per heavy atom. The van der Waals surface area contributed by atoms with E-state index in [1.807, 2.05) is 24.3 Å². The SMILES string of the molecule is CCCC(C)(CN)Nc1ccc(OC)cc1. The lowest BCUT2D eigenvalue weighted by Crippen LogP contribution is -2.42. The minimum Gasteiger partial charge on any atom is -0.497 e. The standard InChI is InChI=1S/C13H22N2O/c1-4-9-13(2,10-14)15-11-5-7-12(16-3)8-6-11/h5-8,15H,4,9-10,14H2,1-3H3. The molecule has 0 bridgehead atoms. The van der Waals surface area contributed by atoms with Gasteiger partial charge in [0.25, 0.3) is 0 Å². The van der Waals surface area contributed by atoms with Crippen molar-refractivity contribution < 1.29 is 4.74 Å². The van der Waals surface area contributed by atoms with Crippen molar-refractivity contribution in [1.29, 1.82) is 0 Å². The molecule has 3 nitrogen and oxygen atoms in total. The van der Waals surface area contributed by atoms with Crippen molar-refractivity contribution in [2.24, 2.45) is 5.73 Å². The highest BCUT2D eigenvalue weighted by atomic mass is 16.5. The largest absolute Gasteiger partial charge is 0.497 e. The second-order valence-corrected chi connectivity index (χ2v) is 4.37. The van der Waals surface area contributed by atoms with E-state index in [2.05, 4.69) is 19.2 Å². The number of anilines is 1. The van der Waals surface area contributed by atoms with Gasteiger partial charge in [-0.25, -0.2) is 0 Å². The first kappa shape index (κ1) is 12.8. The molecule has 0 aliphatic heterocycles. The van der Waals surface area contributed by atoms with Crippen molar-refractivity contribution in [2.45, 2.75) is 32.2 Å². The van der Waals surface area contributed by atoms with Crippen LogP contribution >= 0.6 is 0 Å². The fourth-order valence-electron chi connectivity index (χ4n) is 1.79. The topological polar surface area (TPSA) is 47.3 Å². The summed E-state index contributed by atoms with van der Waals surface area (Å²) in [6, 6.07) is 7.93. The van der Waals surface area contributed by atoms with Gasteiger partial charge >= 0.3 is 0 Å². The predicted molar refractivity (Wildman–Crippen MR) is 69.0 cm³/mol. The zero-order valence-corrected chi connectivity index (χ0v) is 10.4. The lowest BCUT2D eigenvalue weighted by Gasteiger charge is -2.30. The number of rotatable bonds is 6. The second kappa shape index (κ2) is 5.75. The first-order valence-corrected chi connectivity index (χ1v) is 5.76. The summed E-state index contributed by atoms with van der Waals surface area (Å²) in [7, 11) is 1.67. The number of nitrogens with two attached hydrogens (primary N) is 1. The second-order valence-electron chi connectivity index (χ2n) is 4.37. The number of methoxy groups -OCH3 is 1. The highest BCUT2D eigenvalue weighted by molar-refractivity contribution is 5.48.